The molecule has 0 spiro atoms. The van der Waals surface area contributed by atoms with Gasteiger partial charge in [-0.05, 0) is 36.8 Å². The summed E-state index contributed by atoms with van der Waals surface area (Å²) >= 11 is 0. The van der Waals surface area contributed by atoms with E-state index in [-0.39, 0.29) is 17.0 Å². The topological polar surface area (TPSA) is 20.3 Å². The molecule has 0 atom stereocenters. The molecule has 0 N–H and O–H groups in total. The second-order valence-corrected chi connectivity index (χ2v) is 5.34. The molecular weight excluding hydrogens is 224 g/mol. The minimum atomic E-state index is -0.873. The number of rotatable bonds is 1. The van der Waals surface area contributed by atoms with Crippen LogP contribution in [0.15, 0.2) is 12.1 Å². The number of hydrogen-bond acceptors (Lipinski definition) is 1. The molecule has 1 aromatic rings. The number of anilines is 1. The van der Waals surface area contributed by atoms with Crippen LogP contribution in [0.4, 0.5) is 14.5 Å². The second-order valence-electron chi connectivity index (χ2n) is 5.34. The molecule has 17 heavy (non-hydrogen) atoms. The number of nitrogens with zero attached hydrogens (tertiary/aromatic N) is 1. The average molecular weight is 235 g/mol. The third kappa shape index (κ3) is 1.06. The van der Waals surface area contributed by atoms with E-state index < -0.39 is 11.6 Å². The van der Waals surface area contributed by atoms with E-state index in [1.165, 1.54) is 4.90 Å². The first kappa shape index (κ1) is 9.57. The predicted molar refractivity (Wildman–Crippen MR) is 57.6 cm³/mol. The third-order valence-corrected chi connectivity index (χ3v) is 4.38. The Morgan fingerprint density at radius 1 is 1.35 bits per heavy atom. The van der Waals surface area contributed by atoms with E-state index >= 15 is 0 Å². The minimum Gasteiger partial charge on any atom is -0.309 e. The van der Waals surface area contributed by atoms with Gasteiger partial charge in [0.05, 0.1) is 11.1 Å². The molecule has 1 heterocycles. The Kier molecular flexibility index (Phi) is 1.51. The lowest BCUT2D eigenvalue weighted by molar-refractivity contribution is -0.121. The van der Waals surface area contributed by atoms with Gasteiger partial charge >= 0.3 is 0 Å². The van der Waals surface area contributed by atoms with E-state index in [0.717, 1.165) is 24.5 Å². The minimum absolute atomic E-state index is 0.00532. The van der Waals surface area contributed by atoms with Gasteiger partial charge in [0.25, 0.3) is 0 Å². The molecule has 4 rings (SSSR count). The van der Waals surface area contributed by atoms with Crippen LogP contribution in [0.1, 0.15) is 18.4 Å². The maximum absolute atomic E-state index is 13.8. The molecule has 2 saturated carbocycles. The molecule has 1 aromatic carbocycles. The first-order chi connectivity index (χ1) is 8.13. The lowest BCUT2D eigenvalue weighted by Crippen LogP contribution is -2.33. The molecule has 0 unspecified atom stereocenters. The quantitative estimate of drug-likeness (QED) is 0.731. The van der Waals surface area contributed by atoms with Crippen molar-refractivity contribution in [1.29, 1.82) is 0 Å². The van der Waals surface area contributed by atoms with Crippen LogP contribution in [0.5, 0.6) is 0 Å². The van der Waals surface area contributed by atoms with Crippen molar-refractivity contribution in [3.05, 3.63) is 29.3 Å². The van der Waals surface area contributed by atoms with Crippen LogP contribution < -0.4 is 4.90 Å². The van der Waals surface area contributed by atoms with Gasteiger partial charge in [-0.2, -0.15) is 0 Å². The SMILES string of the molecule is O=C(N1CCc2ccc(F)c(F)c21)C12CC1C2. The summed E-state index contributed by atoms with van der Waals surface area (Å²) in [6, 6.07) is 2.72. The number of amides is 1. The Bertz CT molecular complexity index is 549. The van der Waals surface area contributed by atoms with E-state index in [2.05, 4.69) is 0 Å². The van der Waals surface area contributed by atoms with Crippen LogP contribution in [0, 0.1) is 23.0 Å². The number of carbonyl (C=O) groups is 1. The molecule has 2 fully saturated rings. The fraction of sp³-hybridized carbons (Fsp3) is 0.462. The van der Waals surface area contributed by atoms with Gasteiger partial charge in [-0.3, -0.25) is 4.79 Å². The van der Waals surface area contributed by atoms with Crippen LogP contribution >= 0.6 is 0 Å². The van der Waals surface area contributed by atoms with Gasteiger partial charge in [-0.15, -0.1) is 0 Å². The molecule has 1 aliphatic heterocycles. The highest BCUT2D eigenvalue weighted by Gasteiger charge is 2.75. The maximum Gasteiger partial charge on any atom is 0.233 e. The van der Waals surface area contributed by atoms with Crippen molar-refractivity contribution in [1.82, 2.24) is 0 Å². The zero-order valence-electron chi connectivity index (χ0n) is 9.17. The van der Waals surface area contributed by atoms with Crippen molar-refractivity contribution in [2.24, 2.45) is 11.3 Å². The van der Waals surface area contributed by atoms with Crippen LogP contribution in [0.3, 0.4) is 0 Å². The first-order valence-corrected chi connectivity index (χ1v) is 5.92. The Morgan fingerprint density at radius 2 is 2.06 bits per heavy atom. The molecule has 0 saturated heterocycles. The Labute approximate surface area is 97.2 Å². The summed E-state index contributed by atoms with van der Waals surface area (Å²) in [6.45, 7) is 0.489. The summed E-state index contributed by atoms with van der Waals surface area (Å²) in [6.07, 6.45) is 2.50. The maximum atomic E-state index is 13.8. The fourth-order valence-electron chi connectivity index (χ4n) is 2.94. The smallest absolute Gasteiger partial charge is 0.233 e. The summed E-state index contributed by atoms with van der Waals surface area (Å²) in [4.78, 5) is 13.7. The molecule has 2 aliphatic carbocycles. The zero-order chi connectivity index (χ0) is 11.8. The first-order valence-electron chi connectivity index (χ1n) is 5.92. The standard InChI is InChI=1S/C13H11F2NO/c14-9-2-1-7-3-4-16(11(7)10(9)15)12(17)13-5-8(13)6-13/h1-2,8H,3-6H2. The van der Waals surface area contributed by atoms with E-state index in [9.17, 15) is 13.6 Å². The molecule has 0 radical (unpaired) electrons. The molecule has 88 valence electrons. The second kappa shape index (κ2) is 2.68. The van der Waals surface area contributed by atoms with E-state index in [1.54, 1.807) is 6.07 Å². The number of benzene rings is 1. The Balaban J connectivity index is 1.78. The number of hydrogen-bond donors (Lipinski definition) is 0. The van der Waals surface area contributed by atoms with Crippen LogP contribution in [0.25, 0.3) is 0 Å². The summed E-state index contributed by atoms with van der Waals surface area (Å²) in [5.41, 5.74) is 0.744. The average Bonchev–Trinajstić information content (AvgIpc) is 3.11. The molecule has 0 aromatic heterocycles. The molecule has 0 bridgehead atoms. The lowest BCUT2D eigenvalue weighted by atomic mass is 10.1. The van der Waals surface area contributed by atoms with Gasteiger partial charge in [-0.25, -0.2) is 8.78 Å². The van der Waals surface area contributed by atoms with Crippen molar-refractivity contribution >= 4 is 11.6 Å². The molecule has 4 heteroatoms. The molecular formula is C13H11F2NO. The predicted octanol–water partition coefficient (Wildman–Crippen LogP) is 2.26. The van der Waals surface area contributed by atoms with Crippen molar-refractivity contribution in [2.45, 2.75) is 19.3 Å². The normalized spacial score (nSPS) is 32.1. The number of carbonyl (C=O) groups excluding carboxylic acids is 1. The Morgan fingerprint density at radius 3 is 2.71 bits per heavy atom. The third-order valence-electron chi connectivity index (χ3n) is 4.38. The van der Waals surface area contributed by atoms with E-state index in [0.29, 0.717) is 18.9 Å². The van der Waals surface area contributed by atoms with Crippen molar-refractivity contribution in [3.63, 3.8) is 0 Å². The summed E-state index contributed by atoms with van der Waals surface area (Å²) < 4.78 is 27.0. The summed E-state index contributed by atoms with van der Waals surface area (Å²) in [7, 11) is 0. The van der Waals surface area contributed by atoms with Gasteiger partial charge < -0.3 is 4.90 Å². The molecule has 2 nitrogen and oxygen atoms in total. The largest absolute Gasteiger partial charge is 0.309 e. The fourth-order valence-corrected chi connectivity index (χ4v) is 2.94. The van der Waals surface area contributed by atoms with Gasteiger partial charge in [0, 0.05) is 6.54 Å². The number of halogens is 2. The Hall–Kier alpha value is -1.45. The van der Waals surface area contributed by atoms with E-state index in [4.69, 9.17) is 0 Å². The van der Waals surface area contributed by atoms with Gasteiger partial charge in [-0.1, -0.05) is 6.07 Å². The molecule has 1 amide bonds. The zero-order valence-corrected chi connectivity index (χ0v) is 9.17. The van der Waals surface area contributed by atoms with Crippen LogP contribution in [0.2, 0.25) is 0 Å². The highest BCUT2D eigenvalue weighted by Crippen LogP contribution is 2.76. The highest BCUT2D eigenvalue weighted by molar-refractivity contribution is 6.03. The van der Waals surface area contributed by atoms with Crippen molar-refractivity contribution in [2.75, 3.05) is 11.4 Å². The van der Waals surface area contributed by atoms with Gasteiger partial charge in [0.1, 0.15) is 0 Å². The van der Waals surface area contributed by atoms with Crippen molar-refractivity contribution in [3.8, 4) is 0 Å². The van der Waals surface area contributed by atoms with Crippen molar-refractivity contribution < 1.29 is 13.6 Å². The van der Waals surface area contributed by atoms with E-state index in [1.807, 2.05) is 0 Å². The lowest BCUT2D eigenvalue weighted by Gasteiger charge is -2.19. The molecule has 3 aliphatic rings. The van der Waals surface area contributed by atoms with Gasteiger partial charge in [0.2, 0.25) is 5.91 Å². The van der Waals surface area contributed by atoms with Gasteiger partial charge in [0.15, 0.2) is 11.6 Å². The highest BCUT2D eigenvalue weighted by atomic mass is 19.2. The van der Waals surface area contributed by atoms with Crippen LogP contribution in [-0.4, -0.2) is 12.5 Å². The summed E-state index contributed by atoms with van der Waals surface area (Å²) in [5, 5.41) is 0. The number of fused-ring (bicyclic) bond motifs is 2. The van der Waals surface area contributed by atoms with Crippen LogP contribution in [-0.2, 0) is 11.2 Å². The monoisotopic (exact) mass is 235 g/mol. The summed E-state index contributed by atoms with van der Waals surface area (Å²) in [5.74, 6) is -1.21.